The third-order valence-corrected chi connectivity index (χ3v) is 3.59. The van der Waals surface area contributed by atoms with E-state index in [4.69, 9.17) is 16.3 Å². The highest BCUT2D eigenvalue weighted by Crippen LogP contribution is 2.35. The van der Waals surface area contributed by atoms with E-state index in [0.29, 0.717) is 25.8 Å². The van der Waals surface area contributed by atoms with Crippen molar-refractivity contribution in [3.63, 3.8) is 0 Å². The van der Waals surface area contributed by atoms with Crippen molar-refractivity contribution in [3.05, 3.63) is 35.4 Å². The predicted octanol–water partition coefficient (Wildman–Crippen LogP) is 1.62. The van der Waals surface area contributed by atoms with Crippen molar-refractivity contribution in [2.45, 2.75) is 18.9 Å². The van der Waals surface area contributed by atoms with E-state index in [-0.39, 0.29) is 6.61 Å². The first-order chi connectivity index (χ1) is 9.36. The molecule has 0 saturated heterocycles. The van der Waals surface area contributed by atoms with Gasteiger partial charge in [-0.15, -0.1) is 6.42 Å². The van der Waals surface area contributed by atoms with E-state index in [2.05, 4.69) is 35.1 Å². The molecule has 1 aliphatic rings. The third-order valence-electron chi connectivity index (χ3n) is 3.59. The van der Waals surface area contributed by atoms with Gasteiger partial charge < -0.3 is 9.84 Å². The van der Waals surface area contributed by atoms with E-state index < -0.39 is 0 Å². The summed E-state index contributed by atoms with van der Waals surface area (Å²) in [6.07, 6.45) is 7.73. The monoisotopic (exact) mass is 259 g/mol. The van der Waals surface area contributed by atoms with Crippen LogP contribution in [0.4, 0.5) is 0 Å². The molecule has 0 bridgehead atoms. The Morgan fingerprint density at radius 1 is 1.37 bits per heavy atom. The summed E-state index contributed by atoms with van der Waals surface area (Å²) in [6.45, 7) is 2.53. The molecular formula is C16H21NO2. The molecule has 0 radical (unpaired) electrons. The van der Waals surface area contributed by atoms with Crippen LogP contribution in [0.1, 0.15) is 23.6 Å². The Bertz CT molecular complexity index is 439. The molecule has 0 amide bonds. The van der Waals surface area contributed by atoms with E-state index in [1.54, 1.807) is 0 Å². The van der Waals surface area contributed by atoms with Gasteiger partial charge in [-0.25, -0.2) is 0 Å². The smallest absolute Gasteiger partial charge is 0.0698 e. The Hall–Kier alpha value is -1.34. The standard InChI is InChI=1S/C16H21NO2/c1-2-9-17(10-12-19-13-11-18)16-8-7-14-5-3-4-6-15(14)16/h1,3-6,16,18H,7-13H2. The van der Waals surface area contributed by atoms with Crippen LogP contribution in [-0.2, 0) is 11.2 Å². The molecule has 0 saturated carbocycles. The fraction of sp³-hybridized carbons (Fsp3) is 0.500. The molecule has 102 valence electrons. The number of terminal acetylenes is 1. The largest absolute Gasteiger partial charge is 0.394 e. The number of hydrogen-bond acceptors (Lipinski definition) is 3. The molecule has 1 unspecified atom stereocenters. The Kier molecular flexibility index (Phi) is 5.41. The molecule has 3 heteroatoms. The SMILES string of the molecule is C#CCN(CCOCCO)C1CCc2ccccc21. The fourth-order valence-electron chi connectivity index (χ4n) is 2.72. The summed E-state index contributed by atoms with van der Waals surface area (Å²) in [5, 5.41) is 8.71. The van der Waals surface area contributed by atoms with E-state index in [0.717, 1.165) is 19.4 Å². The number of aliphatic hydroxyl groups excluding tert-OH is 1. The molecule has 0 spiro atoms. The second-order valence-corrected chi connectivity index (χ2v) is 4.76. The van der Waals surface area contributed by atoms with E-state index >= 15 is 0 Å². The van der Waals surface area contributed by atoms with Gasteiger partial charge in [0.1, 0.15) is 0 Å². The van der Waals surface area contributed by atoms with Crippen LogP contribution < -0.4 is 0 Å². The van der Waals surface area contributed by atoms with Crippen LogP contribution in [0.15, 0.2) is 24.3 Å². The Morgan fingerprint density at radius 2 is 2.21 bits per heavy atom. The van der Waals surface area contributed by atoms with Crippen LogP contribution in [0.5, 0.6) is 0 Å². The van der Waals surface area contributed by atoms with Crippen LogP contribution >= 0.6 is 0 Å². The van der Waals surface area contributed by atoms with Gasteiger partial charge in [0.2, 0.25) is 0 Å². The van der Waals surface area contributed by atoms with E-state index in [1.165, 1.54) is 11.1 Å². The van der Waals surface area contributed by atoms with Crippen molar-refractivity contribution in [3.8, 4) is 12.3 Å². The van der Waals surface area contributed by atoms with Gasteiger partial charge in [-0.1, -0.05) is 30.2 Å². The van der Waals surface area contributed by atoms with Gasteiger partial charge in [0.25, 0.3) is 0 Å². The van der Waals surface area contributed by atoms with Gasteiger partial charge in [-0.2, -0.15) is 0 Å². The Labute approximate surface area is 115 Å². The van der Waals surface area contributed by atoms with Crippen LogP contribution in [0, 0.1) is 12.3 Å². The van der Waals surface area contributed by atoms with Gasteiger partial charge in [0.15, 0.2) is 0 Å². The summed E-state index contributed by atoms with van der Waals surface area (Å²) in [5.41, 5.74) is 2.84. The maximum absolute atomic E-state index is 8.71. The van der Waals surface area contributed by atoms with Crippen LogP contribution in [0.25, 0.3) is 0 Å². The van der Waals surface area contributed by atoms with Gasteiger partial charge in [-0.05, 0) is 24.0 Å². The first kappa shape index (κ1) is 14.1. The molecule has 0 heterocycles. The van der Waals surface area contributed by atoms with E-state index in [1.807, 2.05) is 0 Å². The molecular weight excluding hydrogens is 238 g/mol. The average Bonchev–Trinajstić information content (AvgIpc) is 2.86. The predicted molar refractivity (Wildman–Crippen MR) is 75.8 cm³/mol. The minimum absolute atomic E-state index is 0.0708. The van der Waals surface area contributed by atoms with Crippen molar-refractivity contribution < 1.29 is 9.84 Å². The summed E-state index contributed by atoms with van der Waals surface area (Å²) < 4.78 is 5.35. The molecule has 0 aromatic heterocycles. The minimum Gasteiger partial charge on any atom is -0.394 e. The highest BCUT2D eigenvalue weighted by molar-refractivity contribution is 5.34. The number of ether oxygens (including phenoxy) is 1. The van der Waals surface area contributed by atoms with Gasteiger partial charge >= 0.3 is 0 Å². The quantitative estimate of drug-likeness (QED) is 0.596. The maximum atomic E-state index is 8.71. The molecule has 1 N–H and O–H groups in total. The zero-order valence-electron chi connectivity index (χ0n) is 11.2. The number of aliphatic hydroxyl groups is 1. The lowest BCUT2D eigenvalue weighted by Gasteiger charge is -2.27. The second-order valence-electron chi connectivity index (χ2n) is 4.76. The van der Waals surface area contributed by atoms with Gasteiger partial charge in [-0.3, -0.25) is 4.90 Å². The summed E-state index contributed by atoms with van der Waals surface area (Å²) >= 11 is 0. The number of hydrogen-bond donors (Lipinski definition) is 1. The molecule has 0 aliphatic heterocycles. The number of aryl methyl sites for hydroxylation is 1. The highest BCUT2D eigenvalue weighted by atomic mass is 16.5. The van der Waals surface area contributed by atoms with Crippen molar-refractivity contribution in [1.82, 2.24) is 4.90 Å². The lowest BCUT2D eigenvalue weighted by atomic mass is 10.1. The van der Waals surface area contributed by atoms with Gasteiger partial charge in [0, 0.05) is 12.6 Å². The lowest BCUT2D eigenvalue weighted by molar-refractivity contribution is 0.0669. The maximum Gasteiger partial charge on any atom is 0.0698 e. The zero-order chi connectivity index (χ0) is 13.5. The molecule has 1 aromatic rings. The van der Waals surface area contributed by atoms with Crippen LogP contribution in [0.2, 0.25) is 0 Å². The number of nitrogens with zero attached hydrogens (tertiary/aromatic N) is 1. The molecule has 2 rings (SSSR count). The lowest BCUT2D eigenvalue weighted by Crippen LogP contribution is -2.31. The summed E-state index contributed by atoms with van der Waals surface area (Å²) in [7, 11) is 0. The van der Waals surface area contributed by atoms with Crippen LogP contribution in [0.3, 0.4) is 0 Å². The van der Waals surface area contributed by atoms with E-state index in [9.17, 15) is 0 Å². The minimum atomic E-state index is 0.0708. The van der Waals surface area contributed by atoms with Gasteiger partial charge in [0.05, 0.1) is 26.4 Å². The summed E-state index contributed by atoms with van der Waals surface area (Å²) in [6, 6.07) is 8.99. The molecule has 0 fully saturated rings. The normalized spacial score (nSPS) is 17.4. The average molecular weight is 259 g/mol. The van der Waals surface area contributed by atoms with Crippen LogP contribution in [-0.4, -0.2) is 42.9 Å². The number of fused-ring (bicyclic) bond motifs is 1. The molecule has 3 nitrogen and oxygen atoms in total. The molecule has 1 atom stereocenters. The Balaban J connectivity index is 1.98. The molecule has 1 aliphatic carbocycles. The fourth-order valence-corrected chi connectivity index (χ4v) is 2.72. The topological polar surface area (TPSA) is 32.7 Å². The third kappa shape index (κ3) is 3.57. The zero-order valence-corrected chi connectivity index (χ0v) is 11.2. The van der Waals surface area contributed by atoms with Crippen molar-refractivity contribution >= 4 is 0 Å². The first-order valence-corrected chi connectivity index (χ1v) is 6.80. The molecule has 1 aromatic carbocycles. The second kappa shape index (κ2) is 7.30. The summed E-state index contributed by atoms with van der Waals surface area (Å²) in [5.74, 6) is 2.74. The highest BCUT2D eigenvalue weighted by Gasteiger charge is 2.26. The van der Waals surface area contributed by atoms with Crippen molar-refractivity contribution in [2.24, 2.45) is 0 Å². The Morgan fingerprint density at radius 3 is 3.00 bits per heavy atom. The number of rotatable bonds is 7. The van der Waals surface area contributed by atoms with Crippen molar-refractivity contribution in [1.29, 1.82) is 0 Å². The number of benzene rings is 1. The first-order valence-electron chi connectivity index (χ1n) is 6.80. The summed E-state index contributed by atoms with van der Waals surface area (Å²) in [4.78, 5) is 2.29. The molecule has 19 heavy (non-hydrogen) atoms. The van der Waals surface area contributed by atoms with Crippen molar-refractivity contribution in [2.75, 3.05) is 32.9 Å².